The molecule has 6 rings (SSSR count). The molecule has 2 aromatic carbocycles. The molecule has 0 bridgehead atoms. The van der Waals surface area contributed by atoms with E-state index in [4.69, 9.17) is 14.6 Å². The lowest BCUT2D eigenvalue weighted by atomic mass is 9.51. The third kappa shape index (κ3) is 3.84. The van der Waals surface area contributed by atoms with Gasteiger partial charge in [0.25, 0.3) is 0 Å². The normalized spacial score (nSPS) is 30.5. The van der Waals surface area contributed by atoms with E-state index in [-0.39, 0.29) is 37.9 Å². The average Bonchev–Trinajstić information content (AvgIpc) is 3.36. The number of nitrogens with zero attached hydrogens (tertiary/aromatic N) is 2. The monoisotopic (exact) mass is 558 g/mol. The number of amides is 5. The van der Waals surface area contributed by atoms with Crippen molar-refractivity contribution in [3.8, 4) is 5.75 Å². The molecule has 0 unspecified atom stereocenters. The van der Waals surface area contributed by atoms with E-state index in [0.717, 1.165) is 18.2 Å². The predicted octanol–water partition coefficient (Wildman–Crippen LogP) is 3.05. The van der Waals surface area contributed by atoms with E-state index >= 15 is 0 Å². The first-order valence-electron chi connectivity index (χ1n) is 13.7. The fraction of sp³-hybridized carbons (Fsp3) is 0.387. The number of benzene rings is 2. The lowest BCUT2D eigenvalue weighted by molar-refractivity contribution is -0.138. The van der Waals surface area contributed by atoms with E-state index in [2.05, 4.69) is 0 Å². The Morgan fingerprint density at radius 2 is 1.68 bits per heavy atom. The molecule has 1 N–H and O–H groups in total. The van der Waals surface area contributed by atoms with Gasteiger partial charge >= 0.3 is 6.09 Å². The standard InChI is InChI=1S/C31H30N2O8/c1-31-23(27(36)32(29(31)38)18-6-4-3-5-7-18)16-22-20(25(31)17-8-10-19(11-9-17)41-15-14-34)12-13-21-24(22)28(37)33(26(21)35)30(39)40-2/h3-12,21-25,34H,13-16H2,1-2H3/t21-,22+,23-,24-,25-,31+/m0/s1. The Morgan fingerprint density at radius 3 is 2.34 bits per heavy atom. The van der Waals surface area contributed by atoms with Gasteiger partial charge in [-0.1, -0.05) is 42.0 Å². The molecule has 5 amide bonds. The van der Waals surface area contributed by atoms with Crippen LogP contribution in [-0.4, -0.2) is 60.1 Å². The van der Waals surface area contributed by atoms with Crippen LogP contribution in [0.15, 0.2) is 66.2 Å². The molecule has 3 fully saturated rings. The Hall–Kier alpha value is -4.31. The highest BCUT2D eigenvalue weighted by atomic mass is 16.5. The molecule has 212 valence electrons. The summed E-state index contributed by atoms with van der Waals surface area (Å²) in [4.78, 5) is 69.3. The summed E-state index contributed by atoms with van der Waals surface area (Å²) in [5.74, 6) is -4.80. The van der Waals surface area contributed by atoms with Crippen molar-refractivity contribution in [2.75, 3.05) is 25.2 Å². The number of aliphatic hydroxyl groups excluding tert-OH is 1. The number of fused-ring (bicyclic) bond motifs is 4. The summed E-state index contributed by atoms with van der Waals surface area (Å²) in [6, 6.07) is 15.9. The number of carbonyl (C=O) groups excluding carboxylic acids is 5. The molecule has 2 aliphatic carbocycles. The van der Waals surface area contributed by atoms with Crippen molar-refractivity contribution in [1.29, 1.82) is 0 Å². The van der Waals surface area contributed by atoms with Crippen molar-refractivity contribution in [3.05, 3.63) is 71.8 Å². The largest absolute Gasteiger partial charge is 0.491 e. The first-order valence-corrected chi connectivity index (χ1v) is 13.7. The molecule has 0 spiro atoms. The second-order valence-corrected chi connectivity index (χ2v) is 11.1. The molecule has 4 aliphatic rings. The van der Waals surface area contributed by atoms with Crippen LogP contribution in [0.4, 0.5) is 10.5 Å². The first-order chi connectivity index (χ1) is 19.7. The molecule has 2 saturated heterocycles. The van der Waals surface area contributed by atoms with E-state index in [1.165, 1.54) is 4.90 Å². The van der Waals surface area contributed by atoms with Crippen molar-refractivity contribution in [2.45, 2.75) is 25.7 Å². The summed E-state index contributed by atoms with van der Waals surface area (Å²) in [6.45, 7) is 1.81. The van der Waals surface area contributed by atoms with Crippen molar-refractivity contribution in [3.63, 3.8) is 0 Å². The second-order valence-electron chi connectivity index (χ2n) is 11.1. The molecule has 2 heterocycles. The zero-order valence-corrected chi connectivity index (χ0v) is 22.7. The van der Waals surface area contributed by atoms with E-state index in [1.807, 2.05) is 31.2 Å². The quantitative estimate of drug-likeness (QED) is 0.438. The van der Waals surface area contributed by atoms with Gasteiger partial charge in [-0.05, 0) is 55.5 Å². The Morgan fingerprint density at radius 1 is 0.976 bits per heavy atom. The maximum atomic E-state index is 14.3. The molecule has 1 saturated carbocycles. The predicted molar refractivity (Wildman–Crippen MR) is 144 cm³/mol. The van der Waals surface area contributed by atoms with Crippen LogP contribution in [0, 0.1) is 29.1 Å². The average molecular weight is 559 g/mol. The third-order valence-electron chi connectivity index (χ3n) is 9.22. The molecule has 6 atom stereocenters. The lowest BCUT2D eigenvalue weighted by Gasteiger charge is -2.49. The van der Waals surface area contributed by atoms with E-state index in [9.17, 15) is 24.0 Å². The summed E-state index contributed by atoms with van der Waals surface area (Å²) in [7, 11) is 1.12. The second kappa shape index (κ2) is 9.95. The van der Waals surface area contributed by atoms with Gasteiger partial charge in [0.15, 0.2) is 0 Å². The van der Waals surface area contributed by atoms with E-state index in [0.29, 0.717) is 16.3 Å². The zero-order valence-electron chi connectivity index (χ0n) is 22.7. The smallest absolute Gasteiger partial charge is 0.423 e. The number of hydrogen-bond donors (Lipinski definition) is 1. The minimum absolute atomic E-state index is 0.130. The number of hydrogen-bond acceptors (Lipinski definition) is 8. The number of anilines is 1. The molecule has 2 aromatic rings. The highest BCUT2D eigenvalue weighted by molar-refractivity contribution is 6.24. The summed E-state index contributed by atoms with van der Waals surface area (Å²) in [6.07, 6.45) is 1.32. The van der Waals surface area contributed by atoms with Crippen LogP contribution in [0.5, 0.6) is 5.75 Å². The van der Waals surface area contributed by atoms with Crippen molar-refractivity contribution in [2.24, 2.45) is 29.1 Å². The van der Waals surface area contributed by atoms with Crippen LogP contribution in [0.1, 0.15) is 31.2 Å². The number of para-hydroxylation sites is 1. The highest BCUT2D eigenvalue weighted by Gasteiger charge is 2.68. The summed E-state index contributed by atoms with van der Waals surface area (Å²) >= 11 is 0. The highest BCUT2D eigenvalue weighted by Crippen LogP contribution is 2.63. The maximum Gasteiger partial charge on any atom is 0.423 e. The topological polar surface area (TPSA) is 131 Å². The lowest BCUT2D eigenvalue weighted by Crippen LogP contribution is -2.49. The molecule has 41 heavy (non-hydrogen) atoms. The van der Waals surface area contributed by atoms with Gasteiger partial charge in [-0.15, -0.1) is 0 Å². The van der Waals surface area contributed by atoms with E-state index in [1.54, 1.807) is 36.4 Å². The van der Waals surface area contributed by atoms with Crippen LogP contribution < -0.4 is 9.64 Å². The molecule has 10 heteroatoms. The minimum Gasteiger partial charge on any atom is -0.491 e. The molecule has 10 nitrogen and oxygen atoms in total. The number of aliphatic hydroxyl groups is 1. The Kier molecular flexibility index (Phi) is 6.53. The number of likely N-dealkylation sites (tertiary alicyclic amines) is 1. The van der Waals surface area contributed by atoms with Crippen LogP contribution in [-0.2, 0) is 23.9 Å². The van der Waals surface area contributed by atoms with Crippen molar-refractivity contribution >= 4 is 35.4 Å². The Balaban J connectivity index is 1.48. The summed E-state index contributed by atoms with van der Waals surface area (Å²) in [5.41, 5.74) is 0.894. The van der Waals surface area contributed by atoms with Gasteiger partial charge in [-0.25, -0.2) is 9.69 Å². The molecule has 2 aliphatic heterocycles. The van der Waals surface area contributed by atoms with Crippen LogP contribution in [0.3, 0.4) is 0 Å². The van der Waals surface area contributed by atoms with Gasteiger partial charge in [-0.2, -0.15) is 4.90 Å². The van der Waals surface area contributed by atoms with Crippen LogP contribution >= 0.6 is 0 Å². The number of imide groups is 4. The Bertz CT molecular complexity index is 1470. The molecular formula is C31H30N2O8. The number of allylic oxidation sites excluding steroid dienone is 2. The summed E-state index contributed by atoms with van der Waals surface area (Å²) < 4.78 is 10.3. The fourth-order valence-electron chi connectivity index (χ4n) is 7.41. The van der Waals surface area contributed by atoms with Gasteiger partial charge in [0.2, 0.25) is 23.6 Å². The number of ether oxygens (including phenoxy) is 2. The Labute approximate surface area is 236 Å². The number of carbonyl (C=O) groups is 5. The molecular weight excluding hydrogens is 528 g/mol. The van der Waals surface area contributed by atoms with Crippen molar-refractivity contribution in [1.82, 2.24) is 4.90 Å². The molecule has 0 aromatic heterocycles. The van der Waals surface area contributed by atoms with Gasteiger partial charge in [0.05, 0.1) is 42.6 Å². The molecule has 0 radical (unpaired) electrons. The summed E-state index contributed by atoms with van der Waals surface area (Å²) in [5, 5.41) is 9.12. The van der Waals surface area contributed by atoms with E-state index < -0.39 is 52.9 Å². The fourth-order valence-corrected chi connectivity index (χ4v) is 7.41. The van der Waals surface area contributed by atoms with Gasteiger partial charge in [0.1, 0.15) is 12.4 Å². The van der Waals surface area contributed by atoms with Crippen LogP contribution in [0.2, 0.25) is 0 Å². The zero-order chi connectivity index (χ0) is 29.1. The van der Waals surface area contributed by atoms with Gasteiger partial charge in [0, 0.05) is 5.92 Å². The maximum absolute atomic E-state index is 14.3. The SMILES string of the molecule is COC(=O)N1C(=O)[C@H]2[C@H](CC=C3[C@H]2C[C@H]2C(=O)N(c4ccccc4)C(=O)[C@@]2(C)[C@H]3c2ccc(OCCO)cc2)C1=O. The minimum atomic E-state index is -1.16. The third-order valence-corrected chi connectivity index (χ3v) is 9.22. The first kappa shape index (κ1) is 26.9. The van der Waals surface area contributed by atoms with Gasteiger partial charge in [-0.3, -0.25) is 19.2 Å². The van der Waals surface area contributed by atoms with Crippen molar-refractivity contribution < 1.29 is 38.6 Å². The number of rotatable bonds is 5. The van der Waals surface area contributed by atoms with Crippen LogP contribution in [0.25, 0.3) is 0 Å². The van der Waals surface area contributed by atoms with Gasteiger partial charge < -0.3 is 14.6 Å². The number of methoxy groups -OCH3 is 1.